The zero-order valence-corrected chi connectivity index (χ0v) is 6.97. The molecule has 0 amide bonds. The van der Waals surface area contributed by atoms with E-state index in [-0.39, 0.29) is 17.7 Å². The summed E-state index contributed by atoms with van der Waals surface area (Å²) in [5.74, 6) is 0.432. The molecule has 0 spiro atoms. The first-order valence-corrected chi connectivity index (χ1v) is 4.22. The second-order valence-corrected chi connectivity index (χ2v) is 3.27. The van der Waals surface area contributed by atoms with E-state index in [1.807, 2.05) is 0 Å². The Balaban J connectivity index is 2.51. The normalized spacial score (nSPS) is 31.7. The van der Waals surface area contributed by atoms with Gasteiger partial charge < -0.3 is 5.23 Å². The molecule has 1 rings (SSSR count). The van der Waals surface area contributed by atoms with Crippen LogP contribution in [0.3, 0.4) is 0 Å². The van der Waals surface area contributed by atoms with Gasteiger partial charge in [0.1, 0.15) is 5.78 Å². The van der Waals surface area contributed by atoms with Crippen LogP contribution in [0.4, 0.5) is 0 Å². The predicted molar refractivity (Wildman–Crippen MR) is 45.3 cm³/mol. The molecule has 1 saturated carbocycles. The van der Waals surface area contributed by atoms with Gasteiger partial charge in [-0.05, 0) is 19.8 Å². The van der Waals surface area contributed by atoms with E-state index in [1.165, 1.54) is 12.8 Å². The summed E-state index contributed by atoms with van der Waals surface area (Å²) in [4.78, 5) is 11.1. The standard InChI is InChI=1S/C8H14BNO/c1-6(11)7-4-2-3-5-8(7)10-9/h7-8,10H,2-5H2,1H3/t7-,8+/m0/s1. The van der Waals surface area contributed by atoms with E-state index in [0.717, 1.165) is 12.8 Å². The van der Waals surface area contributed by atoms with E-state index in [2.05, 4.69) is 5.23 Å². The smallest absolute Gasteiger partial charge is 0.178 e. The number of carbonyl (C=O) groups excluding carboxylic acids is 1. The fraction of sp³-hybridized carbons (Fsp3) is 0.875. The molecule has 2 nitrogen and oxygen atoms in total. The van der Waals surface area contributed by atoms with Crippen molar-refractivity contribution >= 4 is 13.8 Å². The second-order valence-electron chi connectivity index (χ2n) is 3.27. The Morgan fingerprint density at radius 1 is 1.45 bits per heavy atom. The van der Waals surface area contributed by atoms with Crippen LogP contribution in [-0.2, 0) is 4.79 Å². The summed E-state index contributed by atoms with van der Waals surface area (Å²) in [5.41, 5.74) is 0. The molecular weight excluding hydrogens is 137 g/mol. The van der Waals surface area contributed by atoms with E-state index in [9.17, 15) is 4.79 Å². The highest BCUT2D eigenvalue weighted by molar-refractivity contribution is 6.04. The Hall–Kier alpha value is -0.305. The van der Waals surface area contributed by atoms with Crippen molar-refractivity contribution < 1.29 is 4.79 Å². The van der Waals surface area contributed by atoms with Crippen LogP contribution in [0.5, 0.6) is 0 Å². The van der Waals surface area contributed by atoms with Gasteiger partial charge in [0.2, 0.25) is 0 Å². The van der Waals surface area contributed by atoms with Gasteiger partial charge >= 0.3 is 0 Å². The number of hydrogen-bond donors (Lipinski definition) is 1. The van der Waals surface area contributed by atoms with Crippen molar-refractivity contribution in [3.63, 3.8) is 0 Å². The van der Waals surface area contributed by atoms with Gasteiger partial charge in [-0.3, -0.25) is 4.79 Å². The zero-order chi connectivity index (χ0) is 8.27. The minimum absolute atomic E-state index is 0.161. The molecule has 0 heterocycles. The summed E-state index contributed by atoms with van der Waals surface area (Å²) >= 11 is 0. The largest absolute Gasteiger partial charge is 0.363 e. The lowest BCUT2D eigenvalue weighted by Gasteiger charge is -2.29. The average molecular weight is 151 g/mol. The third-order valence-corrected chi connectivity index (χ3v) is 2.50. The minimum Gasteiger partial charge on any atom is -0.363 e. The van der Waals surface area contributed by atoms with Crippen LogP contribution in [0.25, 0.3) is 0 Å². The van der Waals surface area contributed by atoms with Crippen LogP contribution in [0.15, 0.2) is 0 Å². The van der Waals surface area contributed by atoms with Crippen LogP contribution < -0.4 is 5.23 Å². The molecule has 0 aromatic heterocycles. The molecule has 1 N–H and O–H groups in total. The molecular formula is C8H14BNO. The van der Waals surface area contributed by atoms with Crippen LogP contribution in [0.2, 0.25) is 0 Å². The Morgan fingerprint density at radius 3 is 2.55 bits per heavy atom. The highest BCUT2D eigenvalue weighted by Crippen LogP contribution is 2.24. The molecule has 0 saturated heterocycles. The van der Waals surface area contributed by atoms with Crippen LogP contribution in [0.1, 0.15) is 32.6 Å². The number of Topliss-reactive ketones (excluding diaryl/α,β-unsaturated/α-hetero) is 1. The first-order chi connectivity index (χ1) is 5.25. The highest BCUT2D eigenvalue weighted by atomic mass is 16.1. The summed E-state index contributed by atoms with van der Waals surface area (Å²) in [7, 11) is 5.33. The Labute approximate surface area is 69.2 Å². The maximum absolute atomic E-state index is 11.1. The van der Waals surface area contributed by atoms with Gasteiger partial charge in [-0.25, -0.2) is 0 Å². The van der Waals surface area contributed by atoms with Gasteiger partial charge in [0.05, 0.1) is 0 Å². The molecule has 1 aliphatic rings. The van der Waals surface area contributed by atoms with Crippen molar-refractivity contribution in [2.24, 2.45) is 5.92 Å². The van der Waals surface area contributed by atoms with E-state index < -0.39 is 0 Å². The molecule has 0 aromatic rings. The van der Waals surface area contributed by atoms with Crippen molar-refractivity contribution in [1.29, 1.82) is 0 Å². The fourth-order valence-corrected chi connectivity index (χ4v) is 1.82. The molecule has 0 bridgehead atoms. The van der Waals surface area contributed by atoms with E-state index in [1.54, 1.807) is 6.92 Å². The lowest BCUT2D eigenvalue weighted by molar-refractivity contribution is -0.122. The quantitative estimate of drug-likeness (QED) is 0.591. The molecule has 0 aliphatic heterocycles. The van der Waals surface area contributed by atoms with Gasteiger partial charge in [-0.2, -0.15) is 0 Å². The molecule has 0 unspecified atom stereocenters. The number of hydrogen-bond acceptors (Lipinski definition) is 2. The van der Waals surface area contributed by atoms with Gasteiger partial charge in [-0.15, -0.1) is 0 Å². The van der Waals surface area contributed by atoms with E-state index in [0.29, 0.717) is 0 Å². The van der Waals surface area contributed by atoms with E-state index in [4.69, 9.17) is 7.98 Å². The maximum Gasteiger partial charge on any atom is 0.178 e. The van der Waals surface area contributed by atoms with Gasteiger partial charge in [-0.1, -0.05) is 12.8 Å². The first kappa shape index (κ1) is 8.79. The van der Waals surface area contributed by atoms with Gasteiger partial charge in [0.15, 0.2) is 7.98 Å². The Bertz CT molecular complexity index is 149. The molecule has 1 fully saturated rings. The lowest BCUT2D eigenvalue weighted by Crippen LogP contribution is -2.40. The minimum atomic E-state index is 0.161. The molecule has 2 radical (unpaired) electrons. The highest BCUT2D eigenvalue weighted by Gasteiger charge is 2.26. The Morgan fingerprint density at radius 2 is 2.09 bits per heavy atom. The third kappa shape index (κ3) is 2.06. The second kappa shape index (κ2) is 3.91. The number of nitrogens with one attached hydrogen (secondary N) is 1. The van der Waals surface area contributed by atoms with Crippen LogP contribution >= 0.6 is 0 Å². The first-order valence-electron chi connectivity index (χ1n) is 4.22. The molecule has 0 aromatic carbocycles. The fourth-order valence-electron chi connectivity index (χ4n) is 1.82. The molecule has 60 valence electrons. The van der Waals surface area contributed by atoms with Crippen molar-refractivity contribution in [1.82, 2.24) is 5.23 Å². The molecule has 3 heteroatoms. The van der Waals surface area contributed by atoms with E-state index >= 15 is 0 Å². The SMILES string of the molecule is [B]N[C@@H]1CCCC[C@H]1C(C)=O. The maximum atomic E-state index is 11.1. The summed E-state index contributed by atoms with van der Waals surface area (Å²) in [5, 5.41) is 2.71. The summed E-state index contributed by atoms with van der Waals surface area (Å²) in [6, 6.07) is 0.223. The number of carbonyl (C=O) groups is 1. The molecule has 2 atom stereocenters. The Kier molecular flexibility index (Phi) is 3.12. The average Bonchev–Trinajstić information content (AvgIpc) is 2.04. The number of rotatable bonds is 2. The number of ketones is 1. The van der Waals surface area contributed by atoms with Crippen molar-refractivity contribution in [2.75, 3.05) is 0 Å². The van der Waals surface area contributed by atoms with Gasteiger partial charge in [0.25, 0.3) is 0 Å². The third-order valence-electron chi connectivity index (χ3n) is 2.50. The topological polar surface area (TPSA) is 29.1 Å². The van der Waals surface area contributed by atoms with Crippen molar-refractivity contribution in [3.05, 3.63) is 0 Å². The predicted octanol–water partition coefficient (Wildman–Crippen LogP) is 0.807. The summed E-state index contributed by atoms with van der Waals surface area (Å²) in [6.45, 7) is 1.65. The monoisotopic (exact) mass is 151 g/mol. The molecule has 1 aliphatic carbocycles. The summed E-state index contributed by atoms with van der Waals surface area (Å²) in [6.07, 6.45) is 4.41. The molecule has 11 heavy (non-hydrogen) atoms. The van der Waals surface area contributed by atoms with Crippen LogP contribution in [0, 0.1) is 5.92 Å². The van der Waals surface area contributed by atoms with Crippen LogP contribution in [-0.4, -0.2) is 19.8 Å². The summed E-state index contributed by atoms with van der Waals surface area (Å²) < 4.78 is 0. The zero-order valence-electron chi connectivity index (χ0n) is 6.97. The van der Waals surface area contributed by atoms with Crippen molar-refractivity contribution in [3.8, 4) is 0 Å². The van der Waals surface area contributed by atoms with Crippen molar-refractivity contribution in [2.45, 2.75) is 38.6 Å². The van der Waals surface area contributed by atoms with Gasteiger partial charge in [0, 0.05) is 12.0 Å². The lowest BCUT2D eigenvalue weighted by atomic mass is 9.81.